The lowest BCUT2D eigenvalue weighted by molar-refractivity contribution is 0.0791. The summed E-state index contributed by atoms with van der Waals surface area (Å²) in [6.45, 7) is 9.23. The smallest absolute Gasteiger partial charge is 0.284 e. The van der Waals surface area contributed by atoms with Gasteiger partial charge >= 0.3 is 0 Å². The highest BCUT2D eigenvalue weighted by Gasteiger charge is 2.34. The van der Waals surface area contributed by atoms with E-state index in [9.17, 15) is 12.8 Å². The number of aliphatic hydroxyl groups is 1. The van der Waals surface area contributed by atoms with Crippen molar-refractivity contribution in [2.45, 2.75) is 88.6 Å². The Morgan fingerprint density at radius 3 is 2.65 bits per heavy atom. The summed E-state index contributed by atoms with van der Waals surface area (Å²) in [5.74, 6) is -0.308. The summed E-state index contributed by atoms with van der Waals surface area (Å²) in [4.78, 5) is 10.6. The molecule has 3 heterocycles. The van der Waals surface area contributed by atoms with Crippen molar-refractivity contribution < 1.29 is 22.7 Å². The highest BCUT2D eigenvalue weighted by atomic mass is 32.2. The second-order valence-electron chi connectivity index (χ2n) is 13.6. The molecule has 1 fully saturated rings. The fourth-order valence-electron chi connectivity index (χ4n) is 6.17. The number of ether oxygens (including phenoxy) is 1. The van der Waals surface area contributed by atoms with Gasteiger partial charge in [-0.2, -0.15) is 13.7 Å². The van der Waals surface area contributed by atoms with Gasteiger partial charge in [-0.05, 0) is 87.3 Å². The van der Waals surface area contributed by atoms with Gasteiger partial charge in [-0.1, -0.05) is 31.8 Å². The molecule has 0 bridgehead atoms. The number of halogens is 1. The molecule has 0 atom stereocenters. The Morgan fingerprint density at radius 1 is 1.15 bits per heavy atom. The predicted octanol–water partition coefficient (Wildman–Crippen LogP) is 4.88. The molecule has 1 saturated heterocycles. The number of benzene rings is 1. The van der Waals surface area contributed by atoms with Gasteiger partial charge < -0.3 is 20.1 Å². The normalized spacial score (nSPS) is 16.3. The largest absolute Gasteiger partial charge is 0.396 e. The number of unbranched alkanes of at least 4 members (excludes halogenated alkanes) is 1. The predicted molar refractivity (Wildman–Crippen MR) is 180 cm³/mol. The van der Waals surface area contributed by atoms with E-state index in [-0.39, 0.29) is 30.5 Å². The van der Waals surface area contributed by atoms with Gasteiger partial charge in [0.25, 0.3) is 15.2 Å². The number of nitrogens with one attached hydrogen (secondary N) is 1. The minimum Gasteiger partial charge on any atom is -0.396 e. The van der Waals surface area contributed by atoms with Crippen LogP contribution >= 0.6 is 0 Å². The van der Waals surface area contributed by atoms with Gasteiger partial charge in [0.15, 0.2) is 0 Å². The summed E-state index contributed by atoms with van der Waals surface area (Å²) >= 11 is 0. The van der Waals surface area contributed by atoms with Gasteiger partial charge in [0.05, 0.1) is 5.69 Å². The van der Waals surface area contributed by atoms with E-state index in [0.717, 1.165) is 61.5 Å². The van der Waals surface area contributed by atoms with Gasteiger partial charge in [0.1, 0.15) is 6.73 Å². The Morgan fingerprint density at radius 2 is 1.93 bits per heavy atom. The lowest BCUT2D eigenvalue weighted by Crippen LogP contribution is -2.46. The Bertz CT molecular complexity index is 1590. The standard InChI is InChI=1S/C32H48FN7O4SSi/c1-38(16-5-6-19-41)26-13-17-39(18-14-26)45(42,43)32-36-31(40(37-32)23-44-20-21-46(2,3)4)35-30-27-9-7-8-24(27)10-11-28(30)25-12-15-34-29(33)22-25/h10-12,15,22,26,41H,5-9,13-14,16-21,23H2,1-4H3,(H,35,36,37). The van der Waals surface area contributed by atoms with E-state index < -0.39 is 24.0 Å². The maximum Gasteiger partial charge on any atom is 0.284 e. The molecule has 5 rings (SSSR count). The van der Waals surface area contributed by atoms with Crippen molar-refractivity contribution in [2.75, 3.05) is 45.2 Å². The zero-order chi connectivity index (χ0) is 32.9. The fraction of sp³-hybridized carbons (Fsp3) is 0.594. The van der Waals surface area contributed by atoms with Crippen LogP contribution in [-0.4, -0.2) is 96.5 Å². The number of hydrogen-bond acceptors (Lipinski definition) is 9. The fourth-order valence-corrected chi connectivity index (χ4v) is 8.25. The summed E-state index contributed by atoms with van der Waals surface area (Å²) in [5, 5.41) is 16.8. The van der Waals surface area contributed by atoms with Gasteiger partial charge in [-0.25, -0.2) is 18.1 Å². The number of aromatic nitrogens is 4. The van der Waals surface area contributed by atoms with Crippen LogP contribution in [0.4, 0.5) is 16.0 Å². The molecule has 2 aromatic heterocycles. The quantitative estimate of drug-likeness (QED) is 0.132. The molecule has 0 saturated carbocycles. The number of piperidine rings is 1. The van der Waals surface area contributed by atoms with E-state index in [1.54, 1.807) is 6.07 Å². The van der Waals surface area contributed by atoms with Crippen LogP contribution in [0.1, 0.15) is 43.2 Å². The monoisotopic (exact) mass is 673 g/mol. The van der Waals surface area contributed by atoms with Crippen molar-refractivity contribution in [3.8, 4) is 11.1 Å². The zero-order valence-corrected chi connectivity index (χ0v) is 29.3. The van der Waals surface area contributed by atoms with E-state index >= 15 is 0 Å². The Balaban J connectivity index is 1.42. The third-order valence-corrected chi connectivity index (χ3v) is 12.3. The highest BCUT2D eigenvalue weighted by molar-refractivity contribution is 7.89. The number of sulfonamides is 1. The first-order valence-corrected chi connectivity index (χ1v) is 21.5. The Kier molecular flexibility index (Phi) is 11.3. The second kappa shape index (κ2) is 15.0. The van der Waals surface area contributed by atoms with Crippen LogP contribution < -0.4 is 5.32 Å². The number of anilines is 2. The SMILES string of the molecule is CN(CCCCO)C1CCN(S(=O)(=O)c2nc(Nc3c(-c4ccnc(F)c4)ccc4c3CCC4)n(COCC[Si](C)(C)C)n2)CC1. The minimum atomic E-state index is -3.97. The molecule has 252 valence electrons. The van der Waals surface area contributed by atoms with E-state index in [1.807, 2.05) is 6.07 Å². The summed E-state index contributed by atoms with van der Waals surface area (Å²) in [7, 11) is -3.25. The van der Waals surface area contributed by atoms with E-state index in [1.165, 1.54) is 26.8 Å². The average Bonchev–Trinajstić information content (AvgIpc) is 3.67. The number of pyridine rings is 1. The number of aryl methyl sites for hydroxylation is 1. The van der Waals surface area contributed by atoms with E-state index in [2.05, 4.69) is 58.0 Å². The second-order valence-corrected chi connectivity index (χ2v) is 21.0. The molecular formula is C32H48FN7O4SSi. The van der Waals surface area contributed by atoms with Crippen molar-refractivity contribution in [3.63, 3.8) is 0 Å². The molecule has 2 N–H and O–H groups in total. The molecular weight excluding hydrogens is 626 g/mol. The summed E-state index contributed by atoms with van der Waals surface area (Å²) in [5.41, 5.74) is 4.53. The average molecular weight is 674 g/mol. The first kappa shape index (κ1) is 34.6. The lowest BCUT2D eigenvalue weighted by atomic mass is 9.98. The van der Waals surface area contributed by atoms with Crippen molar-refractivity contribution >= 4 is 29.7 Å². The summed E-state index contributed by atoms with van der Waals surface area (Å²) in [6, 6.07) is 8.45. The van der Waals surface area contributed by atoms with Crippen LogP contribution in [0.15, 0.2) is 35.6 Å². The number of aliphatic hydroxyl groups excluding tert-OH is 1. The van der Waals surface area contributed by atoms with Crippen LogP contribution in [0.5, 0.6) is 0 Å². The van der Waals surface area contributed by atoms with E-state index in [0.29, 0.717) is 38.1 Å². The molecule has 46 heavy (non-hydrogen) atoms. The number of fused-ring (bicyclic) bond motifs is 1. The van der Waals surface area contributed by atoms with Gasteiger partial charge in [0.2, 0.25) is 11.9 Å². The number of rotatable bonds is 15. The van der Waals surface area contributed by atoms with Crippen molar-refractivity contribution in [1.82, 2.24) is 29.0 Å². The van der Waals surface area contributed by atoms with Crippen LogP contribution in [-0.2, 0) is 34.3 Å². The molecule has 14 heteroatoms. The first-order chi connectivity index (χ1) is 22.0. The van der Waals surface area contributed by atoms with Gasteiger partial charge in [-0.3, -0.25) is 0 Å². The third kappa shape index (κ3) is 8.39. The van der Waals surface area contributed by atoms with Gasteiger partial charge in [0, 0.05) is 58.2 Å². The number of hydrogen-bond donors (Lipinski definition) is 2. The van der Waals surface area contributed by atoms with Crippen molar-refractivity contribution in [3.05, 3.63) is 47.5 Å². The summed E-state index contributed by atoms with van der Waals surface area (Å²) in [6.07, 6.45) is 7.31. The molecule has 1 aliphatic heterocycles. The minimum absolute atomic E-state index is 0.0459. The molecule has 1 aromatic carbocycles. The number of nitrogens with zero attached hydrogens (tertiary/aromatic N) is 6. The highest BCUT2D eigenvalue weighted by Crippen LogP contribution is 2.39. The molecule has 11 nitrogen and oxygen atoms in total. The lowest BCUT2D eigenvalue weighted by Gasteiger charge is -2.35. The zero-order valence-electron chi connectivity index (χ0n) is 27.5. The maximum atomic E-state index is 14.2. The molecule has 0 radical (unpaired) electrons. The van der Waals surface area contributed by atoms with Gasteiger partial charge in [-0.15, -0.1) is 5.10 Å². The molecule has 0 spiro atoms. The maximum absolute atomic E-state index is 14.2. The Labute approximate surface area is 273 Å². The third-order valence-electron chi connectivity index (χ3n) is 8.96. The molecule has 1 aliphatic carbocycles. The van der Waals surface area contributed by atoms with Crippen LogP contribution in [0.3, 0.4) is 0 Å². The molecule has 0 amide bonds. The van der Waals surface area contributed by atoms with Crippen molar-refractivity contribution in [1.29, 1.82) is 0 Å². The van der Waals surface area contributed by atoms with Crippen LogP contribution in [0.25, 0.3) is 11.1 Å². The van der Waals surface area contributed by atoms with Crippen LogP contribution in [0, 0.1) is 5.95 Å². The molecule has 3 aromatic rings. The van der Waals surface area contributed by atoms with E-state index in [4.69, 9.17) is 9.84 Å². The van der Waals surface area contributed by atoms with Crippen molar-refractivity contribution in [2.24, 2.45) is 0 Å². The molecule has 2 aliphatic rings. The van der Waals surface area contributed by atoms with Crippen LogP contribution in [0.2, 0.25) is 25.7 Å². The molecule has 0 unspecified atom stereocenters. The summed E-state index contributed by atoms with van der Waals surface area (Å²) < 4.78 is 51.0. The Hall–Kier alpha value is -2.75. The topological polar surface area (TPSA) is 126 Å². The first-order valence-electron chi connectivity index (χ1n) is 16.3.